The van der Waals surface area contributed by atoms with Crippen LogP contribution in [-0.4, -0.2) is 20.9 Å². The van der Waals surface area contributed by atoms with E-state index in [0.717, 1.165) is 35.5 Å². The number of nitrogens with zero attached hydrogens (tertiary/aromatic N) is 2. The summed E-state index contributed by atoms with van der Waals surface area (Å²) in [6, 6.07) is 20.1. The van der Waals surface area contributed by atoms with Gasteiger partial charge in [0.15, 0.2) is 0 Å². The van der Waals surface area contributed by atoms with Gasteiger partial charge in [0, 0.05) is 17.2 Å². The molecule has 2 aromatic carbocycles. The zero-order chi connectivity index (χ0) is 21.6. The van der Waals surface area contributed by atoms with E-state index in [1.165, 1.54) is 19.3 Å². The maximum atomic E-state index is 11.3. The van der Waals surface area contributed by atoms with Crippen LogP contribution in [0.15, 0.2) is 66.2 Å². The SMILES string of the molecule is CC(=Cc1cc(C2CCCCC2)n(-c2ccc(OCc3ccccc3)cc2)n1)C(=O)O. The molecule has 0 saturated heterocycles. The van der Waals surface area contributed by atoms with Crippen molar-refractivity contribution in [3.8, 4) is 11.4 Å². The van der Waals surface area contributed by atoms with Crippen molar-refractivity contribution in [1.82, 2.24) is 9.78 Å². The number of carbonyl (C=O) groups is 1. The summed E-state index contributed by atoms with van der Waals surface area (Å²) in [5.41, 5.74) is 4.21. The highest BCUT2D eigenvalue weighted by molar-refractivity contribution is 5.91. The third kappa shape index (κ3) is 5.23. The molecule has 3 aromatic rings. The van der Waals surface area contributed by atoms with Gasteiger partial charge in [0.1, 0.15) is 12.4 Å². The average Bonchev–Trinajstić information content (AvgIpc) is 3.23. The second-order valence-electron chi connectivity index (χ2n) is 8.14. The second kappa shape index (κ2) is 9.65. The lowest BCUT2D eigenvalue weighted by atomic mass is 9.86. The summed E-state index contributed by atoms with van der Waals surface area (Å²) in [5.74, 6) is 0.331. The molecule has 1 saturated carbocycles. The van der Waals surface area contributed by atoms with Gasteiger partial charge >= 0.3 is 5.97 Å². The Hall–Kier alpha value is -3.34. The molecule has 1 aliphatic rings. The van der Waals surface area contributed by atoms with Crippen LogP contribution in [-0.2, 0) is 11.4 Å². The summed E-state index contributed by atoms with van der Waals surface area (Å²) in [6.45, 7) is 2.12. The Balaban J connectivity index is 1.58. The van der Waals surface area contributed by atoms with E-state index < -0.39 is 5.97 Å². The monoisotopic (exact) mass is 416 g/mol. The molecule has 31 heavy (non-hydrogen) atoms. The number of aromatic nitrogens is 2. The van der Waals surface area contributed by atoms with Crippen LogP contribution in [0.2, 0.25) is 0 Å². The van der Waals surface area contributed by atoms with Crippen molar-refractivity contribution in [2.24, 2.45) is 0 Å². The molecular formula is C26H28N2O3. The minimum Gasteiger partial charge on any atom is -0.489 e. The molecule has 1 aliphatic carbocycles. The fourth-order valence-corrected chi connectivity index (χ4v) is 4.09. The van der Waals surface area contributed by atoms with E-state index in [1.807, 2.05) is 65.3 Å². The van der Waals surface area contributed by atoms with Crippen LogP contribution in [0.1, 0.15) is 61.9 Å². The van der Waals surface area contributed by atoms with Crippen molar-refractivity contribution in [2.75, 3.05) is 0 Å². The lowest BCUT2D eigenvalue weighted by Crippen LogP contribution is -2.11. The molecule has 5 nitrogen and oxygen atoms in total. The molecule has 4 rings (SSSR count). The lowest BCUT2D eigenvalue weighted by molar-refractivity contribution is -0.132. The summed E-state index contributed by atoms with van der Waals surface area (Å²) < 4.78 is 7.88. The van der Waals surface area contributed by atoms with Crippen molar-refractivity contribution >= 4 is 12.0 Å². The number of benzene rings is 2. The van der Waals surface area contributed by atoms with E-state index >= 15 is 0 Å². The number of aliphatic carboxylic acids is 1. The molecule has 0 bridgehead atoms. The van der Waals surface area contributed by atoms with Crippen molar-refractivity contribution < 1.29 is 14.6 Å². The fourth-order valence-electron chi connectivity index (χ4n) is 4.09. The first-order chi connectivity index (χ1) is 15.1. The first-order valence-corrected chi connectivity index (χ1v) is 10.9. The minimum atomic E-state index is -0.923. The molecule has 0 atom stereocenters. The van der Waals surface area contributed by atoms with E-state index in [-0.39, 0.29) is 5.57 Å². The Morgan fingerprint density at radius 2 is 1.81 bits per heavy atom. The predicted molar refractivity (Wildman–Crippen MR) is 121 cm³/mol. The topological polar surface area (TPSA) is 64.4 Å². The summed E-state index contributed by atoms with van der Waals surface area (Å²) in [5, 5.41) is 14.0. The molecule has 0 radical (unpaired) electrons. The molecule has 1 heterocycles. The largest absolute Gasteiger partial charge is 0.489 e. The summed E-state index contributed by atoms with van der Waals surface area (Å²) >= 11 is 0. The van der Waals surface area contributed by atoms with Crippen LogP contribution < -0.4 is 4.74 Å². The van der Waals surface area contributed by atoms with Gasteiger partial charge in [-0.15, -0.1) is 0 Å². The Labute approximate surface area is 183 Å². The molecule has 0 unspecified atom stereocenters. The summed E-state index contributed by atoms with van der Waals surface area (Å²) in [7, 11) is 0. The van der Waals surface area contributed by atoms with E-state index in [1.54, 1.807) is 13.0 Å². The van der Waals surface area contributed by atoms with Gasteiger partial charge in [-0.1, -0.05) is 49.6 Å². The number of carboxylic acid groups (broad SMARTS) is 1. The Morgan fingerprint density at radius 3 is 2.48 bits per heavy atom. The predicted octanol–water partition coefficient (Wildman–Crippen LogP) is 5.99. The first-order valence-electron chi connectivity index (χ1n) is 10.9. The minimum absolute atomic E-state index is 0.282. The second-order valence-corrected chi connectivity index (χ2v) is 8.14. The van der Waals surface area contributed by atoms with Crippen LogP contribution in [0, 0.1) is 0 Å². The van der Waals surface area contributed by atoms with Gasteiger partial charge in [0.25, 0.3) is 0 Å². The van der Waals surface area contributed by atoms with Gasteiger partial charge < -0.3 is 9.84 Å². The number of hydrogen-bond acceptors (Lipinski definition) is 3. The van der Waals surface area contributed by atoms with Crippen molar-refractivity contribution in [2.45, 2.75) is 51.6 Å². The fraction of sp³-hybridized carbons (Fsp3) is 0.308. The average molecular weight is 417 g/mol. The third-order valence-corrected chi connectivity index (χ3v) is 5.81. The third-order valence-electron chi connectivity index (χ3n) is 5.81. The Kier molecular flexibility index (Phi) is 6.51. The van der Waals surface area contributed by atoms with Crippen molar-refractivity contribution in [3.63, 3.8) is 0 Å². The highest BCUT2D eigenvalue weighted by Crippen LogP contribution is 2.34. The molecule has 0 spiro atoms. The van der Waals surface area contributed by atoms with Crippen LogP contribution in [0.25, 0.3) is 11.8 Å². The van der Waals surface area contributed by atoms with Crippen LogP contribution >= 0.6 is 0 Å². The number of hydrogen-bond donors (Lipinski definition) is 1. The summed E-state index contributed by atoms with van der Waals surface area (Å²) in [6.07, 6.45) is 7.66. The smallest absolute Gasteiger partial charge is 0.331 e. The van der Waals surface area contributed by atoms with Gasteiger partial charge in [-0.05, 0) is 61.7 Å². The van der Waals surface area contributed by atoms with E-state index in [2.05, 4.69) is 0 Å². The molecule has 0 amide bonds. The van der Waals surface area contributed by atoms with Gasteiger partial charge in [-0.25, -0.2) is 9.48 Å². The molecular weight excluding hydrogens is 388 g/mol. The highest BCUT2D eigenvalue weighted by atomic mass is 16.5. The Morgan fingerprint density at radius 1 is 1.10 bits per heavy atom. The standard InChI is InChI=1S/C26H28N2O3/c1-19(26(29)30)16-22-17-25(21-10-6-3-7-11-21)28(27-22)23-12-14-24(15-13-23)31-18-20-8-4-2-5-9-20/h2,4-5,8-9,12-17,21H,3,6-7,10-11,18H2,1H3,(H,29,30). The highest BCUT2D eigenvalue weighted by Gasteiger charge is 2.21. The van der Waals surface area contributed by atoms with Gasteiger partial charge in [0.05, 0.1) is 11.4 Å². The normalized spacial score (nSPS) is 15.1. The molecule has 1 aromatic heterocycles. The zero-order valence-corrected chi connectivity index (χ0v) is 17.8. The number of ether oxygens (including phenoxy) is 1. The zero-order valence-electron chi connectivity index (χ0n) is 17.8. The van der Waals surface area contributed by atoms with Gasteiger partial charge in [-0.2, -0.15) is 5.10 Å². The number of rotatable bonds is 7. The van der Waals surface area contributed by atoms with Crippen LogP contribution in [0.5, 0.6) is 5.75 Å². The van der Waals surface area contributed by atoms with Gasteiger partial charge in [-0.3, -0.25) is 0 Å². The summed E-state index contributed by atoms with van der Waals surface area (Å²) in [4.78, 5) is 11.3. The molecule has 1 fully saturated rings. The van der Waals surface area contributed by atoms with E-state index in [9.17, 15) is 9.90 Å². The van der Waals surface area contributed by atoms with Crippen molar-refractivity contribution in [1.29, 1.82) is 0 Å². The molecule has 160 valence electrons. The first kappa shape index (κ1) is 20.9. The maximum absolute atomic E-state index is 11.3. The van der Waals surface area contributed by atoms with Crippen LogP contribution in [0.3, 0.4) is 0 Å². The van der Waals surface area contributed by atoms with E-state index in [4.69, 9.17) is 9.84 Å². The molecule has 1 N–H and O–H groups in total. The molecule has 0 aliphatic heterocycles. The Bertz CT molecular complexity index is 1050. The maximum Gasteiger partial charge on any atom is 0.331 e. The number of carboxylic acids is 1. The quantitative estimate of drug-likeness (QED) is 0.481. The lowest BCUT2D eigenvalue weighted by Gasteiger charge is -2.22. The molecule has 5 heteroatoms. The van der Waals surface area contributed by atoms with E-state index in [0.29, 0.717) is 18.2 Å². The van der Waals surface area contributed by atoms with Crippen molar-refractivity contribution in [3.05, 3.63) is 83.2 Å². The van der Waals surface area contributed by atoms with Crippen LogP contribution in [0.4, 0.5) is 0 Å². The van der Waals surface area contributed by atoms with Gasteiger partial charge in [0.2, 0.25) is 0 Å².